The first-order valence-corrected chi connectivity index (χ1v) is 12.9. The molecule has 2 aromatic rings. The first kappa shape index (κ1) is 23.2. The molecule has 4 aliphatic carbocycles. The Labute approximate surface area is 180 Å². The standard InChI is InChI=1S/C22H31N2.CH4O3S.H2O/c1-2-3-8-23-16-24(21-7-5-4-6-20(21)23)15-22-12-17-9-18(13-22)11-19(10-17)14-22;1-5(2,3)4;/h4-7,16-19H,2-3,8-15H2,1H3;1H3,(H,2,3,4);1H2/q+1;;/p-1. The molecule has 0 aliphatic heterocycles. The van der Waals surface area contributed by atoms with Crippen molar-refractivity contribution in [3.63, 3.8) is 0 Å². The van der Waals surface area contributed by atoms with Crippen molar-refractivity contribution in [3.05, 3.63) is 30.6 Å². The molecule has 0 saturated heterocycles. The van der Waals surface area contributed by atoms with Gasteiger partial charge in [-0.25, -0.2) is 17.6 Å². The lowest BCUT2D eigenvalue weighted by molar-refractivity contribution is -0.688. The molecular weight excluding hydrogens is 400 g/mol. The molecule has 1 heterocycles. The van der Waals surface area contributed by atoms with Gasteiger partial charge in [-0.1, -0.05) is 25.5 Å². The topological polar surface area (TPSA) is 97.5 Å². The van der Waals surface area contributed by atoms with Crippen LogP contribution in [0.3, 0.4) is 0 Å². The Morgan fingerprint density at radius 1 is 1.10 bits per heavy atom. The molecule has 4 fully saturated rings. The maximum atomic E-state index is 9.08. The van der Waals surface area contributed by atoms with Crippen molar-refractivity contribution in [1.29, 1.82) is 0 Å². The van der Waals surface area contributed by atoms with Crippen LogP contribution in [0, 0.1) is 23.2 Å². The summed E-state index contributed by atoms with van der Waals surface area (Å²) in [5, 5.41) is 0. The Kier molecular flexibility index (Phi) is 6.94. The summed E-state index contributed by atoms with van der Waals surface area (Å²) < 4.78 is 32.3. The predicted octanol–water partition coefficient (Wildman–Crippen LogP) is 3.28. The molecule has 4 aliphatic rings. The van der Waals surface area contributed by atoms with E-state index < -0.39 is 10.1 Å². The highest BCUT2D eigenvalue weighted by atomic mass is 32.2. The number of hydrogen-bond acceptors (Lipinski definition) is 3. The van der Waals surface area contributed by atoms with Crippen molar-refractivity contribution in [3.8, 4) is 0 Å². The van der Waals surface area contributed by atoms with Crippen LogP contribution in [0.4, 0.5) is 0 Å². The Hall–Kier alpha value is -1.44. The molecule has 6 rings (SSSR count). The molecule has 30 heavy (non-hydrogen) atoms. The zero-order valence-corrected chi connectivity index (χ0v) is 19.0. The van der Waals surface area contributed by atoms with Gasteiger partial charge in [0, 0.05) is 11.7 Å². The number of hydrogen-bond donors (Lipinski definition) is 0. The molecule has 0 amide bonds. The van der Waals surface area contributed by atoms with Crippen LogP contribution in [-0.4, -0.2) is 29.3 Å². The van der Waals surface area contributed by atoms with Crippen LogP contribution in [-0.2, 0) is 23.2 Å². The highest BCUT2D eigenvalue weighted by Crippen LogP contribution is 2.60. The lowest BCUT2D eigenvalue weighted by Gasteiger charge is -2.56. The monoisotopic (exact) mass is 436 g/mol. The largest absolute Gasteiger partial charge is 0.748 e. The zero-order chi connectivity index (χ0) is 20.6. The van der Waals surface area contributed by atoms with Gasteiger partial charge in [0.25, 0.3) is 0 Å². The van der Waals surface area contributed by atoms with Crippen LogP contribution in [0.1, 0.15) is 58.3 Å². The fourth-order valence-electron chi connectivity index (χ4n) is 6.72. The van der Waals surface area contributed by atoms with Crippen molar-refractivity contribution in [2.24, 2.45) is 23.2 Å². The van der Waals surface area contributed by atoms with Crippen molar-refractivity contribution in [2.75, 3.05) is 6.26 Å². The average Bonchev–Trinajstić information content (AvgIpc) is 2.95. The minimum atomic E-state index is -3.92. The third-order valence-corrected chi connectivity index (χ3v) is 7.20. The van der Waals surface area contributed by atoms with Crippen LogP contribution < -0.4 is 4.57 Å². The highest BCUT2D eigenvalue weighted by Gasteiger charge is 2.52. The van der Waals surface area contributed by atoms with Gasteiger partial charge < -0.3 is 10.0 Å². The Bertz CT molecular complexity index is 923. The van der Waals surface area contributed by atoms with Gasteiger partial charge in [-0.05, 0) is 74.8 Å². The van der Waals surface area contributed by atoms with Crippen LogP contribution >= 0.6 is 0 Å². The van der Waals surface area contributed by atoms with E-state index in [4.69, 9.17) is 13.0 Å². The zero-order valence-electron chi connectivity index (χ0n) is 18.2. The lowest BCUT2D eigenvalue weighted by atomic mass is 9.49. The van der Waals surface area contributed by atoms with Gasteiger partial charge in [0.1, 0.15) is 0 Å². The van der Waals surface area contributed by atoms with E-state index in [1.807, 2.05) is 0 Å². The van der Waals surface area contributed by atoms with Crippen molar-refractivity contribution in [2.45, 2.75) is 71.4 Å². The summed E-state index contributed by atoms with van der Waals surface area (Å²) in [7, 11) is -3.92. The number of aromatic nitrogens is 2. The van der Waals surface area contributed by atoms with Crippen molar-refractivity contribution in [1.82, 2.24) is 4.57 Å². The number of aryl methyl sites for hydroxylation is 1. The number of benzene rings is 1. The first-order chi connectivity index (χ1) is 13.7. The summed E-state index contributed by atoms with van der Waals surface area (Å²) in [5.74, 6) is 3.14. The van der Waals surface area contributed by atoms with Gasteiger partial charge in [0.2, 0.25) is 6.33 Å². The second kappa shape index (κ2) is 8.97. The van der Waals surface area contributed by atoms with Gasteiger partial charge in [-0.2, -0.15) is 0 Å². The number of fused-ring (bicyclic) bond motifs is 1. The molecule has 2 N–H and O–H groups in total. The fraction of sp³-hybridized carbons (Fsp3) is 0.696. The smallest absolute Gasteiger partial charge is 0.244 e. The Balaban J connectivity index is 0.000000386. The second-order valence-corrected chi connectivity index (χ2v) is 11.3. The summed E-state index contributed by atoms with van der Waals surface area (Å²) in [6.07, 6.45) is 14.7. The third-order valence-electron chi connectivity index (χ3n) is 7.20. The van der Waals surface area contributed by atoms with E-state index in [-0.39, 0.29) is 5.48 Å². The van der Waals surface area contributed by atoms with E-state index in [9.17, 15) is 0 Å². The minimum absolute atomic E-state index is 0. The molecule has 6 nitrogen and oxygen atoms in total. The van der Waals surface area contributed by atoms with Gasteiger partial charge >= 0.3 is 0 Å². The molecule has 168 valence electrons. The molecular formula is C23H36N2O4S. The van der Waals surface area contributed by atoms with Crippen LogP contribution in [0.2, 0.25) is 0 Å². The molecule has 0 spiro atoms. The maximum absolute atomic E-state index is 9.08. The molecule has 0 unspecified atom stereocenters. The molecule has 0 atom stereocenters. The molecule has 1 aromatic carbocycles. The molecule has 1 aromatic heterocycles. The third kappa shape index (κ3) is 5.24. The maximum Gasteiger partial charge on any atom is 0.244 e. The van der Waals surface area contributed by atoms with Crippen LogP contribution in [0.15, 0.2) is 30.6 Å². The van der Waals surface area contributed by atoms with Crippen molar-refractivity contribution < 1.29 is 23.0 Å². The second-order valence-electron chi connectivity index (χ2n) is 9.90. The number of rotatable bonds is 5. The predicted molar refractivity (Wildman–Crippen MR) is 117 cm³/mol. The van der Waals surface area contributed by atoms with E-state index in [2.05, 4.69) is 46.7 Å². The van der Waals surface area contributed by atoms with E-state index in [0.717, 1.165) is 24.3 Å². The fourth-order valence-corrected chi connectivity index (χ4v) is 6.72. The number of para-hydroxylation sites is 2. The van der Waals surface area contributed by atoms with Gasteiger partial charge in [0.15, 0.2) is 11.0 Å². The number of imidazole rings is 1. The van der Waals surface area contributed by atoms with Gasteiger partial charge in [-0.3, -0.25) is 0 Å². The summed E-state index contributed by atoms with van der Waals surface area (Å²) in [6.45, 7) is 4.70. The van der Waals surface area contributed by atoms with Crippen LogP contribution in [0.25, 0.3) is 11.0 Å². The Morgan fingerprint density at radius 3 is 2.17 bits per heavy atom. The average molecular weight is 437 g/mol. The van der Waals surface area contributed by atoms with Crippen LogP contribution in [0.5, 0.6) is 0 Å². The van der Waals surface area contributed by atoms with E-state index in [0.29, 0.717) is 11.7 Å². The van der Waals surface area contributed by atoms with E-state index in [1.165, 1.54) is 49.7 Å². The molecule has 4 saturated carbocycles. The van der Waals surface area contributed by atoms with Gasteiger partial charge in [-0.15, -0.1) is 0 Å². The lowest BCUT2D eigenvalue weighted by Crippen LogP contribution is -2.53. The number of nitrogens with zero attached hydrogens (tertiary/aromatic N) is 2. The van der Waals surface area contributed by atoms with Crippen molar-refractivity contribution >= 4 is 21.2 Å². The molecule has 0 radical (unpaired) electrons. The first-order valence-electron chi connectivity index (χ1n) is 11.1. The van der Waals surface area contributed by atoms with Gasteiger partial charge in [0.05, 0.1) is 23.2 Å². The quantitative estimate of drug-likeness (QED) is 0.531. The molecule has 4 bridgehead atoms. The summed E-state index contributed by atoms with van der Waals surface area (Å²) in [6, 6.07) is 9.04. The highest BCUT2D eigenvalue weighted by molar-refractivity contribution is 7.84. The molecule has 7 heteroatoms. The Morgan fingerprint density at radius 2 is 1.63 bits per heavy atom. The number of unbranched alkanes of at least 4 members (excludes halogenated alkanes) is 1. The minimum Gasteiger partial charge on any atom is -0.748 e. The SMILES string of the molecule is CCCCn1c[n+](CC23CC4CC(CC(C4)C2)C3)c2ccccc21.CS(=O)(=O)[O-].O. The summed E-state index contributed by atoms with van der Waals surface area (Å²) in [5.41, 5.74) is 3.49. The normalized spacial score (nSPS) is 29.4. The summed E-state index contributed by atoms with van der Waals surface area (Å²) in [4.78, 5) is 0. The summed E-state index contributed by atoms with van der Waals surface area (Å²) >= 11 is 0. The van der Waals surface area contributed by atoms with E-state index in [1.54, 1.807) is 19.3 Å². The van der Waals surface area contributed by atoms with E-state index >= 15 is 0 Å².